The quantitative estimate of drug-likeness (QED) is 0.139. The van der Waals surface area contributed by atoms with Crippen LogP contribution in [0.3, 0.4) is 0 Å². The van der Waals surface area contributed by atoms with Gasteiger partial charge in [0.05, 0.1) is 0 Å². The average molecular weight is 665 g/mol. The number of thiophene rings is 4. The summed E-state index contributed by atoms with van der Waals surface area (Å²) in [6.45, 7) is 4.00. The molecule has 6 aromatic heterocycles. The molecule has 0 bridgehead atoms. The summed E-state index contributed by atoms with van der Waals surface area (Å²) in [6, 6.07) is 15.8. The summed E-state index contributed by atoms with van der Waals surface area (Å²) in [6.07, 6.45) is 0. The topological polar surface area (TPSA) is 53.9 Å². The number of rotatable bonds is 4. The Morgan fingerprint density at radius 2 is 0.744 bits per heavy atom. The van der Waals surface area contributed by atoms with Gasteiger partial charge in [0.15, 0.2) is 67.9 Å². The molecule has 2 aliphatic heterocycles. The minimum atomic E-state index is -0.0574. The highest BCUT2D eigenvalue weighted by atomic mass is 32.3. The van der Waals surface area contributed by atoms with Crippen molar-refractivity contribution < 1.29 is 2.10 Å². The minimum Gasteiger partial charge on any atom is -0.247 e. The van der Waals surface area contributed by atoms with Gasteiger partial charge >= 0.3 is 11.4 Å². The van der Waals surface area contributed by atoms with Gasteiger partial charge in [-0.3, -0.25) is 0 Å². The summed E-state index contributed by atoms with van der Waals surface area (Å²) in [7, 11) is 0. The lowest BCUT2D eigenvalue weighted by molar-refractivity contribution is -0.268. The fourth-order valence-electron chi connectivity index (χ4n) is 4.15. The van der Waals surface area contributed by atoms with Crippen LogP contribution in [0.4, 0.5) is 0 Å². The van der Waals surface area contributed by atoms with Crippen LogP contribution in [-0.4, -0.2) is 20.4 Å². The molecule has 0 amide bonds. The van der Waals surface area contributed by atoms with Crippen molar-refractivity contribution >= 4 is 93.1 Å². The van der Waals surface area contributed by atoms with Gasteiger partial charge in [-0.05, 0) is 70.1 Å². The first kappa shape index (κ1) is 26.1. The smallest absolute Gasteiger partial charge is 0.247 e. The van der Waals surface area contributed by atoms with E-state index in [0.29, 0.717) is 2.10 Å². The molecule has 0 atom stereocenters. The first-order valence-corrected chi connectivity index (χ1v) is 18.3. The summed E-state index contributed by atoms with van der Waals surface area (Å²) >= 11 is 12.8. The molecule has 0 saturated heterocycles. The predicted molar refractivity (Wildman–Crippen MR) is 169 cm³/mol. The Kier molecular flexibility index (Phi) is 6.84. The highest BCUT2D eigenvalue weighted by Crippen LogP contribution is 2.71. The van der Waals surface area contributed by atoms with E-state index in [9.17, 15) is 9.59 Å². The average Bonchev–Trinajstić information content (AvgIpc) is 3.77. The Bertz CT molecular complexity index is 1600. The van der Waals surface area contributed by atoms with Crippen molar-refractivity contribution in [3.05, 3.63) is 91.0 Å². The molecule has 0 unspecified atom stereocenters. The molecular formula is C24H18N5O2S8+. The van der Waals surface area contributed by atoms with E-state index >= 15 is 0 Å². The van der Waals surface area contributed by atoms with Gasteiger partial charge in [-0.25, -0.2) is 27.9 Å². The van der Waals surface area contributed by atoms with Crippen LogP contribution in [-0.2, 0) is 0 Å². The molecule has 0 aromatic carbocycles. The minimum absolute atomic E-state index is 0.0574. The van der Waals surface area contributed by atoms with Crippen LogP contribution < -0.4 is 11.4 Å². The lowest BCUT2D eigenvalue weighted by Crippen LogP contribution is -2.25. The maximum absolute atomic E-state index is 13.7. The maximum atomic E-state index is 13.7. The van der Waals surface area contributed by atoms with Crippen molar-refractivity contribution in [1.29, 1.82) is 0 Å². The van der Waals surface area contributed by atoms with Crippen LogP contribution in [0, 0.1) is 0 Å². The Morgan fingerprint density at radius 1 is 0.487 bits per heavy atom. The number of quaternary nitrogens is 1. The third-order valence-electron chi connectivity index (χ3n) is 5.64. The van der Waals surface area contributed by atoms with E-state index in [-0.39, 0.29) is 11.4 Å². The van der Waals surface area contributed by atoms with Crippen molar-refractivity contribution in [3.63, 3.8) is 0 Å². The van der Waals surface area contributed by atoms with Crippen molar-refractivity contribution in [2.45, 2.75) is 34.0 Å². The molecule has 8 rings (SSSR count). The molecule has 8 heterocycles. The fourth-order valence-corrected chi connectivity index (χ4v) is 13.7. The molecule has 198 valence electrons. The van der Waals surface area contributed by atoms with Gasteiger partial charge in [-0.2, -0.15) is 0 Å². The van der Waals surface area contributed by atoms with E-state index in [1.165, 1.54) is 0 Å². The summed E-state index contributed by atoms with van der Waals surface area (Å²) in [5.41, 5.74) is -0.115. The van der Waals surface area contributed by atoms with E-state index < -0.39 is 0 Å². The van der Waals surface area contributed by atoms with Crippen molar-refractivity contribution in [2.24, 2.45) is 0 Å². The van der Waals surface area contributed by atoms with E-state index in [4.69, 9.17) is 0 Å². The summed E-state index contributed by atoms with van der Waals surface area (Å²) < 4.78 is 7.76. The molecule has 15 heteroatoms. The Labute approximate surface area is 256 Å². The van der Waals surface area contributed by atoms with Crippen LogP contribution in [0.2, 0.25) is 0 Å². The SMILES string of the molecule is CC.O=c1n(-c2cccs2)c2c(n1-c1cccs1)S[N+]1(S2)Sc2c(n(-c3cccs3)c(=O)n2-c2cccs2)S1. The van der Waals surface area contributed by atoms with Gasteiger partial charge < -0.3 is 0 Å². The summed E-state index contributed by atoms with van der Waals surface area (Å²) in [4.78, 5) is 27.4. The molecular weight excluding hydrogens is 647 g/mol. The van der Waals surface area contributed by atoms with Gasteiger partial charge in [0.1, 0.15) is 20.0 Å². The van der Waals surface area contributed by atoms with Gasteiger partial charge in [0, 0.05) is 0 Å². The molecule has 0 saturated carbocycles. The normalized spacial score (nSPS) is 14.9. The predicted octanol–water partition coefficient (Wildman–Crippen LogP) is 8.41. The standard InChI is InChI=1S/C22H12N5O2S8.C2H6/c28-21-23(13-5-1-9-30-13)17-18(24(21)14-6-2-10-31-14)35-27(34-17)36-19-20(37-27)26(16-8-4-12-33-16)22(29)25(19)15-7-3-11-32-15;1-2/h1-12H;1-2H3/q+1;. The number of fused-ring (bicyclic) bond motifs is 2. The van der Waals surface area contributed by atoms with Crippen LogP contribution in [0.15, 0.2) is 99.7 Å². The molecule has 0 N–H and O–H groups in total. The highest BCUT2D eigenvalue weighted by Gasteiger charge is 2.58. The molecule has 7 nitrogen and oxygen atoms in total. The number of hydrogen-bond donors (Lipinski definition) is 0. The van der Waals surface area contributed by atoms with Gasteiger partial charge in [0.2, 0.25) is 0 Å². The number of hydrogen-bond acceptors (Lipinski definition) is 10. The molecule has 1 spiro atoms. The van der Waals surface area contributed by atoms with Crippen LogP contribution in [0.1, 0.15) is 13.8 Å². The van der Waals surface area contributed by atoms with Crippen molar-refractivity contribution in [2.75, 3.05) is 0 Å². The van der Waals surface area contributed by atoms with Crippen molar-refractivity contribution in [3.8, 4) is 20.0 Å². The van der Waals surface area contributed by atoms with Crippen LogP contribution >= 0.6 is 93.1 Å². The third-order valence-corrected chi connectivity index (χ3v) is 15.1. The molecule has 6 aromatic rings. The zero-order valence-electron chi connectivity index (χ0n) is 20.2. The molecule has 0 fully saturated rings. The highest BCUT2D eigenvalue weighted by molar-refractivity contribution is 8.31. The van der Waals surface area contributed by atoms with E-state index in [2.05, 4.69) is 0 Å². The second kappa shape index (κ2) is 10.2. The fraction of sp³-hybridized carbons (Fsp3) is 0.0833. The second-order valence-corrected chi connectivity index (χ2v) is 17.3. The zero-order valence-corrected chi connectivity index (χ0v) is 26.8. The third kappa shape index (κ3) is 4.05. The Morgan fingerprint density at radius 3 is 0.949 bits per heavy atom. The van der Waals surface area contributed by atoms with Crippen LogP contribution in [0.5, 0.6) is 0 Å². The lowest BCUT2D eigenvalue weighted by Gasteiger charge is -2.17. The first-order chi connectivity index (χ1) is 19.1. The number of aromatic nitrogens is 4. The Balaban J connectivity index is 0.00000124. The monoisotopic (exact) mass is 664 g/mol. The first-order valence-electron chi connectivity index (χ1n) is 11.7. The lowest BCUT2D eigenvalue weighted by atomic mass is 10.6. The van der Waals surface area contributed by atoms with E-state index in [1.807, 2.05) is 102 Å². The van der Waals surface area contributed by atoms with Gasteiger partial charge in [-0.15, -0.1) is 45.3 Å². The molecule has 2 aliphatic rings. The van der Waals surface area contributed by atoms with Crippen LogP contribution in [0.25, 0.3) is 20.0 Å². The largest absolute Gasteiger partial charge is 0.340 e. The zero-order chi connectivity index (χ0) is 26.7. The van der Waals surface area contributed by atoms with E-state index in [1.54, 1.807) is 93.1 Å². The second-order valence-electron chi connectivity index (χ2n) is 7.74. The van der Waals surface area contributed by atoms with Gasteiger partial charge in [0.25, 0.3) is 0 Å². The number of nitrogens with zero attached hydrogens (tertiary/aromatic N) is 5. The number of imidazole rings is 2. The maximum Gasteiger partial charge on any atom is 0.340 e. The molecule has 0 aliphatic carbocycles. The van der Waals surface area contributed by atoms with Crippen molar-refractivity contribution in [1.82, 2.24) is 18.3 Å². The Hall–Kier alpha value is -1.82. The summed E-state index contributed by atoms with van der Waals surface area (Å²) in [5, 5.41) is 15.2. The molecule has 39 heavy (non-hydrogen) atoms. The summed E-state index contributed by atoms with van der Waals surface area (Å²) in [5.74, 6) is 0. The molecule has 0 radical (unpaired) electrons. The van der Waals surface area contributed by atoms with Gasteiger partial charge in [-0.1, -0.05) is 16.0 Å². The van der Waals surface area contributed by atoms with E-state index in [0.717, 1.165) is 40.1 Å².